The maximum atomic E-state index is 10.2. The van der Waals surface area contributed by atoms with Crippen molar-refractivity contribution in [3.05, 3.63) is 0 Å². The van der Waals surface area contributed by atoms with E-state index in [4.69, 9.17) is 17.8 Å². The van der Waals surface area contributed by atoms with Crippen molar-refractivity contribution in [1.82, 2.24) is 0 Å². The van der Waals surface area contributed by atoms with Gasteiger partial charge in [0.1, 0.15) is 24.1 Å². The van der Waals surface area contributed by atoms with Gasteiger partial charge in [-0.05, 0) is 0 Å². The van der Waals surface area contributed by atoms with Crippen LogP contribution >= 0.6 is 17.8 Å². The summed E-state index contributed by atoms with van der Waals surface area (Å²) in [6.07, 6.45) is 2.36. The fourth-order valence-electron chi connectivity index (χ4n) is 0.475. The van der Waals surface area contributed by atoms with Crippen LogP contribution in [0.15, 0.2) is 0 Å². The van der Waals surface area contributed by atoms with Gasteiger partial charge in [0.05, 0.1) is 12.8 Å². The molecule has 17 heavy (non-hydrogen) atoms. The third-order valence-corrected chi connectivity index (χ3v) is 1.41. The van der Waals surface area contributed by atoms with Crippen molar-refractivity contribution in [2.75, 3.05) is 0 Å². The molecule has 0 aliphatic rings. The molecule has 0 fully saturated rings. The Hall–Kier alpha value is 0.0587. The van der Waals surface area contributed by atoms with Crippen molar-refractivity contribution in [3.8, 4) is 0 Å². The van der Waals surface area contributed by atoms with E-state index in [0.717, 1.165) is 0 Å². The average molecular weight is 390 g/mol. The van der Waals surface area contributed by atoms with E-state index >= 15 is 0 Å². The number of halogens is 2. The van der Waals surface area contributed by atoms with E-state index in [1.54, 1.807) is 13.8 Å². The molecule has 0 N–H and O–H groups in total. The molecule has 0 spiro atoms. The van der Waals surface area contributed by atoms with Gasteiger partial charge < -0.3 is 9.59 Å². The predicted octanol–water partition coefficient (Wildman–Crippen LogP) is 2.11. The Morgan fingerprint density at radius 3 is 1.24 bits per heavy atom. The van der Waals surface area contributed by atoms with E-state index in [9.17, 15) is 19.2 Å². The Balaban J connectivity index is -0.000000188. The van der Waals surface area contributed by atoms with Crippen LogP contribution in [0.25, 0.3) is 0 Å². The van der Waals surface area contributed by atoms with Crippen LogP contribution in [0.2, 0.25) is 0 Å². The van der Waals surface area contributed by atoms with Crippen LogP contribution < -0.4 is 0 Å². The summed E-state index contributed by atoms with van der Waals surface area (Å²) in [6.45, 7) is 3.48. The zero-order chi connectivity index (χ0) is 14.1. The minimum absolute atomic E-state index is 0.00926. The summed E-state index contributed by atoms with van der Waals surface area (Å²) in [4.78, 5) is 39.5. The molecule has 0 atom stereocenters. The van der Waals surface area contributed by atoms with Crippen molar-refractivity contribution in [2.45, 2.75) is 39.5 Å². The third kappa shape index (κ3) is 31.4. The molecule has 0 aromatic rings. The van der Waals surface area contributed by atoms with Crippen LogP contribution in [0.4, 0.5) is 0 Å². The van der Waals surface area contributed by atoms with E-state index in [0.29, 0.717) is 25.4 Å². The van der Waals surface area contributed by atoms with E-state index in [-0.39, 0.29) is 24.4 Å². The molecule has 0 amide bonds. The topological polar surface area (TPSA) is 68.3 Å². The van der Waals surface area contributed by atoms with Crippen LogP contribution in [0.5, 0.6) is 0 Å². The number of carbonyl (C=O) groups excluding carboxylic acids is 4. The Morgan fingerprint density at radius 2 is 1.18 bits per heavy atom. The van der Waals surface area contributed by atoms with Gasteiger partial charge in [-0.1, -0.05) is 13.8 Å². The molecule has 98 valence electrons. The summed E-state index contributed by atoms with van der Waals surface area (Å²) in [5.74, 6) is 0.0185. The fourth-order valence-corrected chi connectivity index (χ4v) is 0.475. The summed E-state index contributed by atoms with van der Waals surface area (Å²) in [5.41, 5.74) is 0. The van der Waals surface area contributed by atoms with Crippen molar-refractivity contribution < 1.29 is 19.2 Å². The standard InChI is InChI=1S/2C5H8O2.2ClH.Sn/c2*1-2-5(7)3-4-6;;;/h2*4H,2-3H2,1H3;2*1H;/q;;;;+2/p-2. The van der Waals surface area contributed by atoms with Gasteiger partial charge in [0, 0.05) is 12.8 Å². The molecular weight excluding hydrogens is 374 g/mol. The predicted molar refractivity (Wildman–Crippen MR) is 69.4 cm³/mol. The number of aldehydes is 2. The fraction of sp³-hybridized carbons (Fsp3) is 0.600. The van der Waals surface area contributed by atoms with Gasteiger partial charge in [-0.15, -0.1) is 0 Å². The first-order chi connectivity index (χ1) is 8.03. The number of ketones is 2. The molecule has 0 bridgehead atoms. The second-order valence-corrected chi connectivity index (χ2v) is 6.84. The molecule has 0 saturated heterocycles. The molecule has 7 heteroatoms. The van der Waals surface area contributed by atoms with E-state index in [2.05, 4.69) is 0 Å². The van der Waals surface area contributed by atoms with Crippen molar-refractivity contribution >= 4 is 60.9 Å². The molecule has 0 aromatic carbocycles. The minimum atomic E-state index is -0.826. The monoisotopic (exact) mass is 390 g/mol. The van der Waals surface area contributed by atoms with Gasteiger partial charge in [-0.2, -0.15) is 0 Å². The normalized spacial score (nSPS) is 7.76. The number of hydrogen-bond acceptors (Lipinski definition) is 4. The maximum absolute atomic E-state index is 10.2. The summed E-state index contributed by atoms with van der Waals surface area (Å²) in [7, 11) is 9.87. The second kappa shape index (κ2) is 21.4. The van der Waals surface area contributed by atoms with Crippen LogP contribution in [0, 0.1) is 0 Å². The van der Waals surface area contributed by atoms with Gasteiger partial charge in [-0.25, -0.2) is 0 Å². The first-order valence-corrected chi connectivity index (χ1v) is 12.1. The molecule has 0 aromatic heterocycles. The first kappa shape index (κ1) is 22.3. The summed E-state index contributed by atoms with van der Waals surface area (Å²) >= 11 is -0.826. The number of Topliss-reactive ketones (excluding diaryl/α,β-unsaturated/α-hetero) is 2. The molecule has 4 nitrogen and oxygen atoms in total. The Kier molecular flexibility index (Phi) is 28.0. The van der Waals surface area contributed by atoms with E-state index < -0.39 is 18.9 Å². The van der Waals surface area contributed by atoms with Gasteiger partial charge in [0.15, 0.2) is 0 Å². The summed E-state index contributed by atoms with van der Waals surface area (Å²) in [6, 6.07) is 0. The third-order valence-electron chi connectivity index (χ3n) is 1.41. The van der Waals surface area contributed by atoms with Crippen molar-refractivity contribution in [3.63, 3.8) is 0 Å². The van der Waals surface area contributed by atoms with Gasteiger partial charge >= 0.3 is 36.7 Å². The molecule has 0 saturated carbocycles. The number of rotatable bonds is 6. The Bertz CT molecular complexity index is 200. The van der Waals surface area contributed by atoms with Gasteiger partial charge in [0.25, 0.3) is 0 Å². The van der Waals surface area contributed by atoms with Crippen LogP contribution in [-0.2, 0) is 19.2 Å². The molecule has 0 unspecified atom stereocenters. The average Bonchev–Trinajstić information content (AvgIpc) is 2.31. The second-order valence-electron chi connectivity index (χ2n) is 2.60. The number of hydrogen-bond donors (Lipinski definition) is 0. The molecule has 0 rings (SSSR count). The zero-order valence-electron chi connectivity index (χ0n) is 9.87. The van der Waals surface area contributed by atoms with Gasteiger partial charge in [0.2, 0.25) is 0 Å². The zero-order valence-corrected chi connectivity index (χ0v) is 14.2. The SMILES string of the molecule is CCC(=O)CC=O.CCC(=O)CC=O.[Cl][Sn][Cl]. The first-order valence-electron chi connectivity index (χ1n) is 4.90. The molecular formula is C10H16Cl2O4Sn. The quantitative estimate of drug-likeness (QED) is 0.396. The van der Waals surface area contributed by atoms with Crippen molar-refractivity contribution in [2.24, 2.45) is 0 Å². The van der Waals surface area contributed by atoms with Crippen LogP contribution in [0.1, 0.15) is 39.5 Å². The molecule has 0 heterocycles. The molecule has 0 aliphatic carbocycles. The Morgan fingerprint density at radius 1 is 0.941 bits per heavy atom. The summed E-state index contributed by atoms with van der Waals surface area (Å²) in [5, 5.41) is 0. The van der Waals surface area contributed by atoms with Crippen molar-refractivity contribution in [1.29, 1.82) is 0 Å². The van der Waals surface area contributed by atoms with Gasteiger partial charge in [-0.3, -0.25) is 9.59 Å². The van der Waals surface area contributed by atoms with Crippen LogP contribution in [-0.4, -0.2) is 43.0 Å². The number of carbonyl (C=O) groups is 4. The van der Waals surface area contributed by atoms with E-state index in [1.165, 1.54) is 0 Å². The van der Waals surface area contributed by atoms with E-state index in [1.807, 2.05) is 0 Å². The summed E-state index contributed by atoms with van der Waals surface area (Å²) < 4.78 is 0. The molecule has 0 aliphatic heterocycles. The Labute approximate surface area is 119 Å². The van der Waals surface area contributed by atoms with Crippen LogP contribution in [0.3, 0.4) is 0 Å². The molecule has 2 radical (unpaired) electrons.